The minimum Gasteiger partial charge on any atom is -0.486 e. The predicted octanol–water partition coefficient (Wildman–Crippen LogP) is -0.570. The third-order valence-corrected chi connectivity index (χ3v) is 2.27. The van der Waals surface area contributed by atoms with Crippen LogP contribution in [0, 0.1) is 0 Å². The first-order valence-electron chi connectivity index (χ1n) is 4.91. The highest BCUT2D eigenvalue weighted by Crippen LogP contribution is 2.33. The largest absolute Gasteiger partial charge is 0.486 e. The summed E-state index contributed by atoms with van der Waals surface area (Å²) in [6.45, 7) is 1.12. The molecular formula is C10H15N2O3+. The van der Waals surface area contributed by atoms with Crippen molar-refractivity contribution in [2.75, 3.05) is 25.2 Å². The number of aliphatic hydroxyl groups is 1. The molecule has 0 fully saturated rings. The maximum atomic E-state index is 8.73. The molecule has 82 valence electrons. The van der Waals surface area contributed by atoms with Crippen LogP contribution in [0.2, 0.25) is 0 Å². The van der Waals surface area contributed by atoms with Crippen molar-refractivity contribution >= 4 is 5.69 Å². The van der Waals surface area contributed by atoms with Gasteiger partial charge < -0.3 is 25.6 Å². The van der Waals surface area contributed by atoms with Gasteiger partial charge in [0.05, 0.1) is 0 Å². The van der Waals surface area contributed by atoms with Gasteiger partial charge in [0.25, 0.3) is 0 Å². The average Bonchev–Trinajstić information content (AvgIpc) is 2.28. The van der Waals surface area contributed by atoms with Crippen LogP contribution in [0.15, 0.2) is 18.2 Å². The first-order chi connectivity index (χ1) is 7.33. The van der Waals surface area contributed by atoms with E-state index < -0.39 is 0 Å². The average molecular weight is 211 g/mol. The van der Waals surface area contributed by atoms with Gasteiger partial charge in [-0.05, 0) is 12.1 Å². The lowest BCUT2D eigenvalue weighted by atomic mass is 10.2. The molecule has 1 unspecified atom stereocenters. The zero-order valence-corrected chi connectivity index (χ0v) is 8.40. The number of aliphatic hydroxyl groups excluding tert-OH is 1. The second-order valence-electron chi connectivity index (χ2n) is 3.34. The topological polar surface area (TPSA) is 78.4 Å². The van der Waals surface area contributed by atoms with Gasteiger partial charge in [-0.25, -0.2) is 0 Å². The first kappa shape index (κ1) is 10.1. The van der Waals surface area contributed by atoms with E-state index in [1.165, 1.54) is 0 Å². The molecule has 1 heterocycles. The van der Waals surface area contributed by atoms with Crippen LogP contribution in [0.1, 0.15) is 0 Å². The highest BCUT2D eigenvalue weighted by Gasteiger charge is 2.21. The molecule has 0 bridgehead atoms. The Balaban J connectivity index is 2.19. The molecule has 1 aromatic carbocycles. The molecule has 15 heavy (non-hydrogen) atoms. The Morgan fingerprint density at radius 2 is 2.33 bits per heavy atom. The Kier molecular flexibility index (Phi) is 2.94. The van der Waals surface area contributed by atoms with Crippen molar-refractivity contribution < 1.29 is 20.3 Å². The minimum absolute atomic E-state index is 0.0156. The van der Waals surface area contributed by atoms with E-state index in [4.69, 9.17) is 14.6 Å². The van der Waals surface area contributed by atoms with Gasteiger partial charge in [0.2, 0.25) is 0 Å². The van der Waals surface area contributed by atoms with Crippen LogP contribution in [0.4, 0.5) is 5.69 Å². The quantitative estimate of drug-likeness (QED) is 0.585. The third kappa shape index (κ3) is 2.14. The molecule has 1 aromatic rings. The zero-order valence-electron chi connectivity index (χ0n) is 8.40. The molecule has 1 aliphatic rings. The fourth-order valence-corrected chi connectivity index (χ4v) is 1.46. The van der Waals surface area contributed by atoms with Crippen molar-refractivity contribution in [2.24, 2.45) is 0 Å². The zero-order chi connectivity index (χ0) is 10.7. The second kappa shape index (κ2) is 4.37. The lowest BCUT2D eigenvalue weighted by molar-refractivity contribution is -0.383. The Bertz CT molecular complexity index is 343. The van der Waals surface area contributed by atoms with E-state index in [2.05, 4.69) is 11.1 Å². The predicted molar refractivity (Wildman–Crippen MR) is 54.8 cm³/mol. The first-order valence-corrected chi connectivity index (χ1v) is 4.91. The van der Waals surface area contributed by atoms with Gasteiger partial charge in [0.1, 0.15) is 19.9 Å². The Hall–Kier alpha value is -1.46. The molecule has 1 aliphatic heterocycles. The number of quaternary nitrogens is 1. The van der Waals surface area contributed by atoms with Gasteiger partial charge in [0.15, 0.2) is 17.6 Å². The molecule has 0 amide bonds. The van der Waals surface area contributed by atoms with E-state index in [1.54, 1.807) is 0 Å². The van der Waals surface area contributed by atoms with E-state index in [0.29, 0.717) is 18.9 Å². The fraction of sp³-hybridized carbons (Fsp3) is 0.400. The van der Waals surface area contributed by atoms with Crippen LogP contribution in [0.3, 0.4) is 0 Å². The van der Waals surface area contributed by atoms with Crippen molar-refractivity contribution in [3.63, 3.8) is 0 Å². The fourth-order valence-electron chi connectivity index (χ4n) is 1.46. The molecule has 0 aliphatic carbocycles. The van der Waals surface area contributed by atoms with Gasteiger partial charge >= 0.3 is 0 Å². The molecule has 0 aromatic heterocycles. The normalized spacial score (nSPS) is 18.7. The summed E-state index contributed by atoms with van der Waals surface area (Å²) in [5, 5.41) is 11.5. The van der Waals surface area contributed by atoms with Crippen LogP contribution in [0.25, 0.3) is 0 Å². The molecule has 2 rings (SSSR count). The molecule has 0 saturated heterocycles. The SMILES string of the molecule is [NH3+]CC1COc2ccc(NCO)cc2O1. The summed E-state index contributed by atoms with van der Waals surface area (Å²) in [5.74, 6) is 1.44. The molecule has 5 heteroatoms. The number of benzene rings is 1. The van der Waals surface area contributed by atoms with Crippen molar-refractivity contribution in [3.05, 3.63) is 18.2 Å². The van der Waals surface area contributed by atoms with E-state index in [9.17, 15) is 0 Å². The highest BCUT2D eigenvalue weighted by atomic mass is 16.6. The maximum Gasteiger partial charge on any atom is 0.181 e. The van der Waals surface area contributed by atoms with Crippen LogP contribution in [-0.2, 0) is 0 Å². The van der Waals surface area contributed by atoms with Crippen molar-refractivity contribution in [2.45, 2.75) is 6.10 Å². The summed E-state index contributed by atoms with van der Waals surface area (Å²) in [6.07, 6.45) is 0.0156. The summed E-state index contributed by atoms with van der Waals surface area (Å²) in [4.78, 5) is 0. The summed E-state index contributed by atoms with van der Waals surface area (Å²) < 4.78 is 11.2. The van der Waals surface area contributed by atoms with E-state index in [-0.39, 0.29) is 12.8 Å². The number of hydrogen-bond acceptors (Lipinski definition) is 4. The van der Waals surface area contributed by atoms with E-state index >= 15 is 0 Å². The van der Waals surface area contributed by atoms with Gasteiger partial charge in [-0.1, -0.05) is 0 Å². The van der Waals surface area contributed by atoms with Gasteiger partial charge in [-0.15, -0.1) is 0 Å². The summed E-state index contributed by atoms with van der Waals surface area (Å²) in [6, 6.07) is 5.48. The molecule has 5 N–H and O–H groups in total. The van der Waals surface area contributed by atoms with Gasteiger partial charge in [0, 0.05) is 11.8 Å². The lowest BCUT2D eigenvalue weighted by Crippen LogP contribution is -2.59. The molecule has 0 saturated carbocycles. The van der Waals surface area contributed by atoms with Crippen LogP contribution < -0.4 is 20.5 Å². The number of anilines is 1. The van der Waals surface area contributed by atoms with Crippen molar-refractivity contribution in [1.82, 2.24) is 0 Å². The second-order valence-corrected chi connectivity index (χ2v) is 3.34. The molecular weight excluding hydrogens is 196 g/mol. The standard InChI is InChI=1S/C10H14N2O3/c11-4-8-5-14-9-2-1-7(12-6-13)3-10(9)15-8/h1-3,8,12-13H,4-6,11H2/p+1. The molecule has 0 spiro atoms. The van der Waals surface area contributed by atoms with Crippen LogP contribution in [0.5, 0.6) is 11.5 Å². The summed E-state index contributed by atoms with van der Waals surface area (Å²) in [7, 11) is 0. The Morgan fingerprint density at radius 3 is 3.07 bits per heavy atom. The lowest BCUT2D eigenvalue weighted by Gasteiger charge is -2.24. The monoisotopic (exact) mass is 211 g/mol. The van der Waals surface area contributed by atoms with E-state index in [0.717, 1.165) is 11.4 Å². The highest BCUT2D eigenvalue weighted by molar-refractivity contribution is 5.55. The summed E-state index contributed by atoms with van der Waals surface area (Å²) in [5.41, 5.74) is 4.59. The number of ether oxygens (including phenoxy) is 2. The Morgan fingerprint density at radius 1 is 1.47 bits per heavy atom. The maximum absolute atomic E-state index is 8.73. The molecule has 1 atom stereocenters. The third-order valence-electron chi connectivity index (χ3n) is 2.27. The number of rotatable bonds is 3. The smallest absolute Gasteiger partial charge is 0.181 e. The van der Waals surface area contributed by atoms with Gasteiger partial charge in [-0.3, -0.25) is 0 Å². The Labute approximate surface area is 87.8 Å². The van der Waals surface area contributed by atoms with Crippen molar-refractivity contribution in [3.8, 4) is 11.5 Å². The summed E-state index contributed by atoms with van der Waals surface area (Å²) >= 11 is 0. The van der Waals surface area contributed by atoms with Crippen LogP contribution >= 0.6 is 0 Å². The van der Waals surface area contributed by atoms with Gasteiger partial charge in [-0.2, -0.15) is 0 Å². The molecule has 0 radical (unpaired) electrons. The van der Waals surface area contributed by atoms with Crippen LogP contribution in [-0.4, -0.2) is 31.1 Å². The van der Waals surface area contributed by atoms with Crippen molar-refractivity contribution in [1.29, 1.82) is 0 Å². The number of fused-ring (bicyclic) bond motifs is 1. The molecule has 5 nitrogen and oxygen atoms in total. The minimum atomic E-state index is -0.0988. The number of hydrogen-bond donors (Lipinski definition) is 3. The number of nitrogens with one attached hydrogen (secondary N) is 1. The van der Waals surface area contributed by atoms with E-state index in [1.807, 2.05) is 18.2 Å².